The van der Waals surface area contributed by atoms with Gasteiger partial charge < -0.3 is 19.4 Å². The van der Waals surface area contributed by atoms with Gasteiger partial charge in [0.15, 0.2) is 17.6 Å². The van der Waals surface area contributed by atoms with Gasteiger partial charge in [-0.3, -0.25) is 4.79 Å². The molecule has 1 aliphatic rings. The molecule has 0 saturated carbocycles. The number of rotatable bonds is 6. The molecule has 0 radical (unpaired) electrons. The molecule has 8 nitrogen and oxygen atoms in total. The van der Waals surface area contributed by atoms with E-state index in [0.29, 0.717) is 22.6 Å². The fourth-order valence-corrected chi connectivity index (χ4v) is 2.67. The summed E-state index contributed by atoms with van der Waals surface area (Å²) >= 11 is 0. The molecule has 0 saturated heterocycles. The Labute approximate surface area is 161 Å². The van der Waals surface area contributed by atoms with Gasteiger partial charge in [-0.2, -0.15) is 5.23 Å². The highest BCUT2D eigenvalue weighted by molar-refractivity contribution is 6.14. The summed E-state index contributed by atoms with van der Waals surface area (Å²) in [6, 6.07) is 10.8. The summed E-state index contributed by atoms with van der Waals surface area (Å²) < 4.78 is 16.1. The maximum atomic E-state index is 12.5. The van der Waals surface area contributed by atoms with E-state index in [1.807, 2.05) is 0 Å². The Morgan fingerprint density at radius 1 is 1.32 bits per heavy atom. The summed E-state index contributed by atoms with van der Waals surface area (Å²) in [5.74, 6) is -0.0619. The van der Waals surface area contributed by atoms with Gasteiger partial charge in [0, 0.05) is 18.2 Å². The van der Waals surface area contributed by atoms with Crippen LogP contribution in [0.2, 0.25) is 0 Å². The molecule has 2 aromatic rings. The van der Waals surface area contributed by atoms with Crippen LogP contribution < -0.4 is 14.7 Å². The second kappa shape index (κ2) is 8.22. The van der Waals surface area contributed by atoms with Gasteiger partial charge >= 0.3 is 5.97 Å². The molecule has 28 heavy (non-hydrogen) atoms. The summed E-state index contributed by atoms with van der Waals surface area (Å²) in [7, 11) is 0. The largest absolute Gasteiger partial charge is 0.595 e. The average molecular weight is 385 g/mol. The monoisotopic (exact) mass is 385 g/mol. The van der Waals surface area contributed by atoms with Crippen LogP contribution in [0.15, 0.2) is 48.2 Å². The predicted octanol–water partition coefficient (Wildman–Crippen LogP) is 2.04. The fourth-order valence-electron chi connectivity index (χ4n) is 2.67. The summed E-state index contributed by atoms with van der Waals surface area (Å²) in [6.07, 6.45) is 0.681. The quantitative estimate of drug-likeness (QED) is 0.445. The Kier molecular flexibility index (Phi) is 5.74. The van der Waals surface area contributed by atoms with Crippen molar-refractivity contribution in [2.45, 2.75) is 20.0 Å². The lowest BCUT2D eigenvalue weighted by Gasteiger charge is -2.13. The maximum absolute atomic E-state index is 12.5. The second-order valence-corrected chi connectivity index (χ2v) is 6.04. The Morgan fingerprint density at radius 2 is 2.11 bits per heavy atom. The first kappa shape index (κ1) is 19.6. The van der Waals surface area contributed by atoms with Crippen LogP contribution in [0.3, 0.4) is 0 Å². The zero-order valence-corrected chi connectivity index (χ0v) is 15.3. The highest BCUT2D eigenvalue weighted by Crippen LogP contribution is 2.35. The third-order valence-corrected chi connectivity index (χ3v) is 4.00. The number of carbonyl (C=O) groups is 2. The zero-order chi connectivity index (χ0) is 20.3. The van der Waals surface area contributed by atoms with Crippen LogP contribution in [0.25, 0.3) is 6.08 Å². The third kappa shape index (κ3) is 4.20. The van der Waals surface area contributed by atoms with Crippen molar-refractivity contribution in [2.24, 2.45) is 0 Å². The number of ether oxygens (including phenoxy) is 3. The van der Waals surface area contributed by atoms with E-state index >= 15 is 0 Å². The lowest BCUT2D eigenvalue weighted by Crippen LogP contribution is -2.99. The number of ketones is 1. The highest BCUT2D eigenvalue weighted by atomic mass is 16.8. The molecule has 0 fully saturated rings. The first-order valence-electron chi connectivity index (χ1n) is 8.64. The number of benzene rings is 2. The number of carbonyl (C=O) groups excluding carboxylic acids is 2. The Balaban J connectivity index is 1.79. The summed E-state index contributed by atoms with van der Waals surface area (Å²) in [5, 5.41) is 19.1. The van der Waals surface area contributed by atoms with Crippen LogP contribution in [-0.2, 0) is 9.53 Å². The van der Waals surface area contributed by atoms with Crippen LogP contribution in [0, 0.1) is 5.21 Å². The van der Waals surface area contributed by atoms with E-state index in [1.165, 1.54) is 24.3 Å². The number of quaternary nitrogens is 1. The standard InChI is InChI=1S/C20H19NO7/c1-3-26-20(23)12(2)27-15-7-8-16-17(11-15)28-18(19(16)22)10-13-5-4-6-14(9-13)21(24)25/h4-12,21,24H,3H2,1-2H3. The molecule has 8 heteroatoms. The number of hydrogen-bond acceptors (Lipinski definition) is 7. The van der Waals surface area contributed by atoms with Crippen molar-refractivity contribution < 1.29 is 34.2 Å². The second-order valence-electron chi connectivity index (χ2n) is 6.04. The highest BCUT2D eigenvalue weighted by Gasteiger charge is 2.28. The van der Waals surface area contributed by atoms with Crippen molar-refractivity contribution in [3.63, 3.8) is 0 Å². The van der Waals surface area contributed by atoms with E-state index in [0.717, 1.165) is 0 Å². The van der Waals surface area contributed by atoms with Crippen molar-refractivity contribution in [1.82, 2.24) is 0 Å². The van der Waals surface area contributed by atoms with Crippen LogP contribution in [0.4, 0.5) is 5.69 Å². The molecule has 0 bridgehead atoms. The van der Waals surface area contributed by atoms with Crippen molar-refractivity contribution in [3.05, 3.63) is 64.6 Å². The minimum Gasteiger partial charge on any atom is -0.595 e. The van der Waals surface area contributed by atoms with Crippen molar-refractivity contribution in [2.75, 3.05) is 6.61 Å². The molecule has 0 amide bonds. The number of Topliss-reactive ketones (excluding diaryl/α,β-unsaturated/α-hetero) is 1. The van der Waals surface area contributed by atoms with Gasteiger partial charge in [-0.25, -0.2) is 10.0 Å². The summed E-state index contributed by atoms with van der Waals surface area (Å²) in [4.78, 5) is 24.2. The van der Waals surface area contributed by atoms with Crippen LogP contribution >= 0.6 is 0 Å². The molecule has 2 atom stereocenters. The molecule has 3 rings (SSSR count). The molecular formula is C20H19NO7. The molecule has 146 valence electrons. The van der Waals surface area contributed by atoms with Crippen molar-refractivity contribution in [3.8, 4) is 11.5 Å². The van der Waals surface area contributed by atoms with E-state index in [4.69, 9.17) is 19.4 Å². The molecular weight excluding hydrogens is 366 g/mol. The molecule has 0 aliphatic carbocycles. The first-order chi connectivity index (χ1) is 13.4. The Hall–Kier alpha value is -3.20. The van der Waals surface area contributed by atoms with Crippen molar-refractivity contribution >= 4 is 23.5 Å². The van der Waals surface area contributed by atoms with Gasteiger partial charge in [-0.15, -0.1) is 0 Å². The van der Waals surface area contributed by atoms with Gasteiger partial charge in [0.25, 0.3) is 0 Å². The normalized spacial score (nSPS) is 16.3. The van der Waals surface area contributed by atoms with Gasteiger partial charge in [-0.05, 0) is 37.6 Å². The molecule has 1 heterocycles. The fraction of sp³-hybridized carbons (Fsp3) is 0.200. The van der Waals surface area contributed by atoms with Gasteiger partial charge in [0.05, 0.1) is 12.2 Å². The van der Waals surface area contributed by atoms with Crippen LogP contribution in [0.5, 0.6) is 11.5 Å². The number of fused-ring (bicyclic) bond motifs is 1. The number of esters is 1. The van der Waals surface area contributed by atoms with Gasteiger partial charge in [-0.1, -0.05) is 12.1 Å². The average Bonchev–Trinajstić information content (AvgIpc) is 2.97. The first-order valence-corrected chi connectivity index (χ1v) is 8.64. The van der Waals surface area contributed by atoms with Crippen LogP contribution in [-0.4, -0.2) is 29.7 Å². The van der Waals surface area contributed by atoms with Gasteiger partial charge in [0.2, 0.25) is 5.78 Å². The minimum atomic E-state index is -1.06. The summed E-state index contributed by atoms with van der Waals surface area (Å²) in [5.41, 5.74) is 1.00. The molecule has 2 aromatic carbocycles. The Morgan fingerprint density at radius 3 is 2.82 bits per heavy atom. The van der Waals surface area contributed by atoms with Crippen molar-refractivity contribution in [1.29, 1.82) is 0 Å². The predicted molar refractivity (Wildman–Crippen MR) is 98.3 cm³/mol. The van der Waals surface area contributed by atoms with E-state index in [9.17, 15) is 14.8 Å². The van der Waals surface area contributed by atoms with E-state index in [2.05, 4.69) is 0 Å². The molecule has 1 aliphatic heterocycles. The minimum absolute atomic E-state index is 0.0770. The lowest BCUT2D eigenvalue weighted by molar-refractivity contribution is -0.991. The van der Waals surface area contributed by atoms with E-state index in [1.54, 1.807) is 38.1 Å². The Bertz CT molecular complexity index is 936. The van der Waals surface area contributed by atoms with Gasteiger partial charge in [0.1, 0.15) is 11.5 Å². The van der Waals surface area contributed by atoms with E-state index in [-0.39, 0.29) is 23.8 Å². The zero-order valence-electron chi connectivity index (χ0n) is 15.3. The summed E-state index contributed by atoms with van der Waals surface area (Å²) in [6.45, 7) is 3.53. The third-order valence-electron chi connectivity index (χ3n) is 4.00. The molecule has 2 N–H and O–H groups in total. The SMILES string of the molecule is CCOC(=O)C(C)Oc1ccc2c(c1)OC(=Cc1cccc([NH+]([O-])O)c1)C2=O. The maximum Gasteiger partial charge on any atom is 0.347 e. The molecule has 0 aromatic heterocycles. The van der Waals surface area contributed by atoms with Crippen LogP contribution in [0.1, 0.15) is 29.8 Å². The molecule has 0 spiro atoms. The smallest absolute Gasteiger partial charge is 0.347 e. The number of allylic oxidation sites excluding steroid dienone is 1. The number of hydrogen-bond donors (Lipinski definition) is 2. The lowest BCUT2D eigenvalue weighted by atomic mass is 10.1. The topological polar surface area (TPSA) is 110 Å². The molecule has 2 unspecified atom stereocenters. The van der Waals surface area contributed by atoms with E-state index < -0.39 is 17.3 Å². The number of nitrogens with one attached hydrogen (secondary N) is 1.